The van der Waals surface area contributed by atoms with Crippen LogP contribution in [0, 0.1) is 11.8 Å². The van der Waals surface area contributed by atoms with Gasteiger partial charge in [-0.3, -0.25) is 14.4 Å². The molecule has 0 heterocycles. The molecule has 1 fully saturated rings. The van der Waals surface area contributed by atoms with Crippen molar-refractivity contribution in [3.05, 3.63) is 29.8 Å². The summed E-state index contributed by atoms with van der Waals surface area (Å²) in [5, 5.41) is 0. The third kappa shape index (κ3) is 5.07. The highest BCUT2D eigenvalue weighted by molar-refractivity contribution is 7.99. The predicted molar refractivity (Wildman–Crippen MR) is 85.0 cm³/mol. The third-order valence-electron chi connectivity index (χ3n) is 4.07. The molecular weight excluding hydrogens is 357 g/mol. The highest BCUT2D eigenvalue weighted by Crippen LogP contribution is 2.33. The van der Waals surface area contributed by atoms with Crippen molar-refractivity contribution in [3.63, 3.8) is 0 Å². The van der Waals surface area contributed by atoms with E-state index in [1.807, 2.05) is 0 Å². The van der Waals surface area contributed by atoms with Crippen LogP contribution in [0.2, 0.25) is 0 Å². The lowest BCUT2D eigenvalue weighted by Crippen LogP contribution is -2.39. The summed E-state index contributed by atoms with van der Waals surface area (Å²) in [4.78, 5) is 36.0. The Morgan fingerprint density at radius 3 is 2.44 bits per heavy atom. The van der Waals surface area contributed by atoms with Gasteiger partial charge in [-0.05, 0) is 42.4 Å². The van der Waals surface area contributed by atoms with Crippen molar-refractivity contribution in [2.75, 3.05) is 12.9 Å². The van der Waals surface area contributed by atoms with Gasteiger partial charge in [0.1, 0.15) is 11.7 Å². The van der Waals surface area contributed by atoms with Crippen molar-refractivity contribution in [1.82, 2.24) is 0 Å². The number of rotatable bonds is 5. The fourth-order valence-corrected chi connectivity index (χ4v) is 3.82. The first-order valence-corrected chi connectivity index (χ1v) is 8.63. The predicted octanol–water partition coefficient (Wildman–Crippen LogP) is 3.53. The zero-order valence-corrected chi connectivity index (χ0v) is 14.3. The Morgan fingerprint density at radius 2 is 1.88 bits per heavy atom. The van der Waals surface area contributed by atoms with Gasteiger partial charge in [0.2, 0.25) is 0 Å². The maximum atomic E-state index is 12.5. The number of ether oxygens (including phenoxy) is 1. The van der Waals surface area contributed by atoms with Crippen LogP contribution >= 0.6 is 11.8 Å². The first-order chi connectivity index (χ1) is 11.7. The molecule has 1 aliphatic carbocycles. The Balaban J connectivity index is 1.95. The lowest BCUT2D eigenvalue weighted by Gasteiger charge is -2.27. The summed E-state index contributed by atoms with van der Waals surface area (Å²) in [6, 6.07) is 4.77. The van der Waals surface area contributed by atoms with Gasteiger partial charge in [0, 0.05) is 11.3 Å². The quantitative estimate of drug-likeness (QED) is 0.448. The number of esters is 1. The van der Waals surface area contributed by atoms with Crippen LogP contribution < -0.4 is 0 Å². The Kier molecular flexibility index (Phi) is 6.26. The zero-order valence-electron chi connectivity index (χ0n) is 13.5. The maximum absolute atomic E-state index is 12.5. The van der Waals surface area contributed by atoms with Crippen LogP contribution in [0.1, 0.15) is 24.8 Å². The second-order valence-electron chi connectivity index (χ2n) is 5.81. The summed E-state index contributed by atoms with van der Waals surface area (Å²) < 4.78 is 42.2. The fraction of sp³-hybridized carbons (Fsp3) is 0.471. The molecule has 0 amide bonds. The number of benzene rings is 1. The molecule has 25 heavy (non-hydrogen) atoms. The van der Waals surface area contributed by atoms with Gasteiger partial charge in [-0.15, -0.1) is 11.8 Å². The molecule has 0 aromatic heterocycles. The largest absolute Gasteiger partial charge is 0.468 e. The third-order valence-corrected chi connectivity index (χ3v) is 5.12. The monoisotopic (exact) mass is 374 g/mol. The summed E-state index contributed by atoms with van der Waals surface area (Å²) in [6.07, 6.45) is -4.07. The van der Waals surface area contributed by atoms with Gasteiger partial charge in [-0.25, -0.2) is 0 Å². The number of carbonyl (C=O) groups excluding carboxylic acids is 3. The number of ketones is 2. The van der Waals surface area contributed by atoms with E-state index >= 15 is 0 Å². The lowest BCUT2D eigenvalue weighted by atomic mass is 9.76. The molecule has 0 N–H and O–H groups in total. The van der Waals surface area contributed by atoms with Gasteiger partial charge in [0.25, 0.3) is 0 Å². The van der Waals surface area contributed by atoms with E-state index in [0.29, 0.717) is 17.1 Å². The van der Waals surface area contributed by atoms with Crippen LogP contribution in [0.5, 0.6) is 0 Å². The lowest BCUT2D eigenvalue weighted by molar-refractivity contribution is -0.154. The van der Waals surface area contributed by atoms with Gasteiger partial charge < -0.3 is 4.74 Å². The normalized spacial score (nSPS) is 21.3. The highest BCUT2D eigenvalue weighted by Gasteiger charge is 2.41. The van der Waals surface area contributed by atoms with Crippen molar-refractivity contribution >= 4 is 29.3 Å². The molecule has 0 saturated heterocycles. The van der Waals surface area contributed by atoms with Crippen molar-refractivity contribution in [2.24, 2.45) is 11.8 Å². The minimum Gasteiger partial charge on any atom is -0.468 e. The molecule has 136 valence electrons. The number of hydrogen-bond donors (Lipinski definition) is 0. The summed E-state index contributed by atoms with van der Waals surface area (Å²) in [6.45, 7) is 0. The molecule has 1 aliphatic rings. The van der Waals surface area contributed by atoms with Gasteiger partial charge in [0.05, 0.1) is 19.1 Å². The number of carbonyl (C=O) groups is 3. The van der Waals surface area contributed by atoms with Crippen LogP contribution in [0.4, 0.5) is 13.2 Å². The van der Waals surface area contributed by atoms with Crippen molar-refractivity contribution in [2.45, 2.75) is 30.3 Å². The number of alkyl halides is 3. The number of thioether (sulfide) groups is 1. The Hall–Kier alpha value is -1.83. The van der Waals surface area contributed by atoms with E-state index in [1.54, 1.807) is 0 Å². The van der Waals surface area contributed by atoms with Crippen molar-refractivity contribution in [1.29, 1.82) is 0 Å². The van der Waals surface area contributed by atoms with Crippen LogP contribution in [0.25, 0.3) is 0 Å². The minimum atomic E-state index is -4.38. The van der Waals surface area contributed by atoms with Crippen LogP contribution in [0.15, 0.2) is 29.2 Å². The average Bonchev–Trinajstić information content (AvgIpc) is 2.53. The van der Waals surface area contributed by atoms with Crippen LogP contribution in [-0.4, -0.2) is 30.4 Å². The summed E-state index contributed by atoms with van der Waals surface area (Å²) in [5.41, 5.74) is -0.717. The first-order valence-electron chi connectivity index (χ1n) is 7.64. The van der Waals surface area contributed by atoms with E-state index in [2.05, 4.69) is 4.74 Å². The standard InChI is InChI=1S/C17H17F3O4S/c1-24-16(23)15-10(8-12(21)9-14(15)22)6-7-25-13-4-2-11(3-5-13)17(18,19)20/h2-5,10,15H,6-9H2,1H3. The average molecular weight is 374 g/mol. The second-order valence-corrected chi connectivity index (χ2v) is 6.97. The van der Waals surface area contributed by atoms with Crippen molar-refractivity contribution < 1.29 is 32.3 Å². The fourth-order valence-electron chi connectivity index (χ4n) is 2.84. The molecule has 2 unspecified atom stereocenters. The molecule has 2 rings (SSSR count). The molecule has 8 heteroatoms. The number of Topliss-reactive ketones (excluding diaryl/α,β-unsaturated/α-hetero) is 2. The van der Waals surface area contributed by atoms with Crippen LogP contribution in [0.3, 0.4) is 0 Å². The topological polar surface area (TPSA) is 60.4 Å². The smallest absolute Gasteiger partial charge is 0.416 e. The molecule has 2 atom stereocenters. The second kappa shape index (κ2) is 8.03. The highest BCUT2D eigenvalue weighted by atomic mass is 32.2. The van der Waals surface area contributed by atoms with E-state index in [-0.39, 0.29) is 18.6 Å². The SMILES string of the molecule is COC(=O)C1C(=O)CC(=O)CC1CCSc1ccc(C(F)(F)F)cc1. The van der Waals surface area contributed by atoms with E-state index < -0.39 is 35.3 Å². The molecule has 0 bridgehead atoms. The number of methoxy groups -OCH3 is 1. The van der Waals surface area contributed by atoms with Gasteiger partial charge in [-0.1, -0.05) is 0 Å². The van der Waals surface area contributed by atoms with E-state index in [4.69, 9.17) is 0 Å². The van der Waals surface area contributed by atoms with Crippen LogP contribution in [-0.2, 0) is 25.3 Å². The number of hydrogen-bond acceptors (Lipinski definition) is 5. The molecule has 0 aliphatic heterocycles. The summed E-state index contributed by atoms with van der Waals surface area (Å²) in [7, 11) is 1.19. The van der Waals surface area contributed by atoms with Gasteiger partial charge in [0.15, 0.2) is 5.78 Å². The molecule has 1 aromatic rings. The summed E-state index contributed by atoms with van der Waals surface area (Å²) >= 11 is 1.32. The van der Waals surface area contributed by atoms with Gasteiger partial charge in [-0.2, -0.15) is 13.2 Å². The molecule has 0 radical (unpaired) electrons. The molecular formula is C17H17F3O4S. The molecule has 4 nitrogen and oxygen atoms in total. The molecule has 0 spiro atoms. The minimum absolute atomic E-state index is 0.138. The number of halogens is 3. The summed E-state index contributed by atoms with van der Waals surface area (Å²) in [5.74, 6) is -2.15. The van der Waals surface area contributed by atoms with Gasteiger partial charge >= 0.3 is 12.1 Å². The Bertz CT molecular complexity index is 655. The molecule has 1 saturated carbocycles. The van der Waals surface area contributed by atoms with E-state index in [9.17, 15) is 27.6 Å². The first kappa shape index (κ1) is 19.5. The maximum Gasteiger partial charge on any atom is 0.416 e. The Morgan fingerprint density at radius 1 is 1.24 bits per heavy atom. The van der Waals surface area contributed by atoms with Crippen molar-refractivity contribution in [3.8, 4) is 0 Å². The van der Waals surface area contributed by atoms with E-state index in [1.165, 1.54) is 31.0 Å². The zero-order chi connectivity index (χ0) is 18.6. The van der Waals surface area contributed by atoms with E-state index in [0.717, 1.165) is 12.1 Å². The Labute approximate surface area is 147 Å². The molecule has 1 aromatic carbocycles.